The van der Waals surface area contributed by atoms with Crippen LogP contribution in [0.2, 0.25) is 0 Å². The van der Waals surface area contributed by atoms with E-state index >= 15 is 0 Å². The molecule has 4 atom stereocenters. The van der Waals surface area contributed by atoms with Crippen LogP contribution in [0.3, 0.4) is 0 Å². The standard InChI is InChI=1S/C20H22N2O2/c1-12-13-9-18-20(7-8-22(18)10-14(13)17(24)11-23)15-5-3-4-6-16(15)21(2)19(12)20/h3-6,10,13,18-19,23H,1,7-9,11H2,2H3/t13-,18+,19+,20-/m1/s1. The smallest absolute Gasteiger partial charge is 0.186 e. The number of aliphatic hydroxyl groups excluding tert-OH is 1. The Morgan fingerprint density at radius 3 is 3.00 bits per heavy atom. The number of aliphatic hydroxyl groups is 1. The lowest BCUT2D eigenvalue weighted by atomic mass is 9.58. The van der Waals surface area contributed by atoms with Gasteiger partial charge in [0.1, 0.15) is 6.61 Å². The third kappa shape index (κ3) is 1.42. The SMILES string of the molecule is C=C1[C@H]2C[C@@H]3N(C=C2C(=O)CO)CC[C@@]32c3ccccc3N(C)[C@@H]12. The molecule has 1 N–H and O–H groups in total. The van der Waals surface area contributed by atoms with Crippen LogP contribution in [-0.2, 0) is 10.2 Å². The van der Waals surface area contributed by atoms with Gasteiger partial charge in [0.05, 0.1) is 6.04 Å². The maximum atomic E-state index is 12.3. The second-order valence-electron chi connectivity index (χ2n) is 7.60. The maximum Gasteiger partial charge on any atom is 0.186 e. The number of benzene rings is 1. The summed E-state index contributed by atoms with van der Waals surface area (Å²) < 4.78 is 0. The van der Waals surface area contributed by atoms with Gasteiger partial charge >= 0.3 is 0 Å². The fourth-order valence-corrected chi connectivity index (χ4v) is 5.97. The van der Waals surface area contributed by atoms with Crippen molar-refractivity contribution in [3.8, 4) is 0 Å². The van der Waals surface area contributed by atoms with Gasteiger partial charge in [-0.2, -0.15) is 0 Å². The quantitative estimate of drug-likeness (QED) is 0.844. The van der Waals surface area contributed by atoms with Gasteiger partial charge in [-0.05, 0) is 30.0 Å². The summed E-state index contributed by atoms with van der Waals surface area (Å²) in [5, 5.41) is 9.37. The zero-order chi connectivity index (χ0) is 16.6. The Hall–Kier alpha value is -2.07. The predicted octanol–water partition coefficient (Wildman–Crippen LogP) is 1.85. The van der Waals surface area contributed by atoms with Crippen LogP contribution in [0.15, 0.2) is 48.2 Å². The predicted molar refractivity (Wildman–Crippen MR) is 92.8 cm³/mol. The summed E-state index contributed by atoms with van der Waals surface area (Å²) >= 11 is 0. The van der Waals surface area contributed by atoms with Crippen LogP contribution >= 0.6 is 0 Å². The summed E-state index contributed by atoms with van der Waals surface area (Å²) in [4.78, 5) is 17.0. The van der Waals surface area contributed by atoms with E-state index in [1.165, 1.54) is 11.3 Å². The Balaban J connectivity index is 1.72. The van der Waals surface area contributed by atoms with Crippen LogP contribution in [0.4, 0.5) is 5.69 Å². The fourth-order valence-electron chi connectivity index (χ4n) is 5.97. The molecular formula is C20H22N2O2. The van der Waals surface area contributed by atoms with Crippen LogP contribution in [0.1, 0.15) is 18.4 Å². The highest BCUT2D eigenvalue weighted by atomic mass is 16.3. The zero-order valence-electron chi connectivity index (χ0n) is 13.9. The first-order chi connectivity index (χ1) is 11.6. The number of hydrogen-bond donors (Lipinski definition) is 1. The monoisotopic (exact) mass is 322 g/mol. The molecule has 0 radical (unpaired) electrons. The summed E-state index contributed by atoms with van der Waals surface area (Å²) in [6, 6.07) is 9.37. The number of carbonyl (C=O) groups is 1. The molecule has 2 fully saturated rings. The number of nitrogens with zero attached hydrogens (tertiary/aromatic N) is 2. The summed E-state index contributed by atoms with van der Waals surface area (Å²) in [7, 11) is 2.16. The molecule has 5 rings (SSSR count). The summed E-state index contributed by atoms with van der Waals surface area (Å²) in [5.41, 5.74) is 4.71. The van der Waals surface area contributed by atoms with Crippen molar-refractivity contribution in [3.63, 3.8) is 0 Å². The van der Waals surface area contributed by atoms with E-state index in [9.17, 15) is 9.90 Å². The maximum absolute atomic E-state index is 12.3. The molecule has 4 aliphatic rings. The van der Waals surface area contributed by atoms with Gasteiger partial charge in [0.15, 0.2) is 5.78 Å². The van der Waals surface area contributed by atoms with Crippen molar-refractivity contribution >= 4 is 11.5 Å². The molecule has 1 aromatic rings. The van der Waals surface area contributed by atoms with Crippen molar-refractivity contribution < 1.29 is 9.90 Å². The Morgan fingerprint density at radius 1 is 1.42 bits per heavy atom. The fraction of sp³-hybridized carbons (Fsp3) is 0.450. The molecule has 124 valence electrons. The number of rotatable bonds is 2. The number of para-hydroxylation sites is 1. The molecule has 1 saturated heterocycles. The minimum atomic E-state index is -0.417. The van der Waals surface area contributed by atoms with Gasteiger partial charge in [-0.1, -0.05) is 24.8 Å². The van der Waals surface area contributed by atoms with E-state index in [1.807, 2.05) is 6.20 Å². The lowest BCUT2D eigenvalue weighted by molar-refractivity contribution is -0.119. The molecule has 24 heavy (non-hydrogen) atoms. The first kappa shape index (κ1) is 14.3. The van der Waals surface area contributed by atoms with Crippen molar-refractivity contribution in [2.45, 2.75) is 30.3 Å². The molecule has 1 aromatic carbocycles. The first-order valence-corrected chi connectivity index (χ1v) is 8.72. The Bertz CT molecular complexity index is 799. The van der Waals surface area contributed by atoms with Crippen molar-refractivity contribution in [1.29, 1.82) is 0 Å². The second-order valence-corrected chi connectivity index (χ2v) is 7.60. The Labute approximate surface area is 142 Å². The van der Waals surface area contributed by atoms with E-state index in [0.29, 0.717) is 6.04 Å². The molecule has 0 aromatic heterocycles. The number of anilines is 1. The van der Waals surface area contributed by atoms with Gasteiger partial charge in [-0.15, -0.1) is 0 Å². The molecule has 3 heterocycles. The van der Waals surface area contributed by atoms with E-state index in [4.69, 9.17) is 0 Å². The van der Waals surface area contributed by atoms with Gasteiger partial charge in [0.25, 0.3) is 0 Å². The van der Waals surface area contributed by atoms with Crippen LogP contribution < -0.4 is 4.90 Å². The number of hydrogen-bond acceptors (Lipinski definition) is 4. The van der Waals surface area contributed by atoms with Crippen LogP contribution in [-0.4, -0.2) is 48.1 Å². The van der Waals surface area contributed by atoms with Gasteiger partial charge in [0, 0.05) is 48.4 Å². The highest BCUT2D eigenvalue weighted by Crippen LogP contribution is 2.62. The molecule has 1 aliphatic carbocycles. The van der Waals surface area contributed by atoms with Gasteiger partial charge in [0.2, 0.25) is 0 Å². The number of carbonyl (C=O) groups excluding carboxylic acids is 1. The van der Waals surface area contributed by atoms with E-state index < -0.39 is 6.61 Å². The van der Waals surface area contributed by atoms with E-state index in [-0.39, 0.29) is 23.2 Å². The second kappa shape index (κ2) is 4.51. The van der Waals surface area contributed by atoms with Crippen molar-refractivity contribution in [1.82, 2.24) is 4.90 Å². The van der Waals surface area contributed by atoms with E-state index in [1.54, 1.807) is 0 Å². The largest absolute Gasteiger partial charge is 0.388 e. The molecule has 1 spiro atoms. The normalized spacial score (nSPS) is 35.7. The van der Waals surface area contributed by atoms with Gasteiger partial charge < -0.3 is 14.9 Å². The highest BCUT2D eigenvalue weighted by Gasteiger charge is 2.64. The average Bonchev–Trinajstić information content (AvgIpc) is 3.12. The molecule has 3 aliphatic heterocycles. The van der Waals surface area contributed by atoms with Crippen molar-refractivity contribution in [3.05, 3.63) is 53.8 Å². The number of likely N-dealkylation sites (N-methyl/N-ethyl adjacent to an activating group) is 1. The topological polar surface area (TPSA) is 43.8 Å². The first-order valence-electron chi connectivity index (χ1n) is 8.72. The Kier molecular flexibility index (Phi) is 2.69. The van der Waals surface area contributed by atoms with Gasteiger partial charge in [-0.3, -0.25) is 4.79 Å². The van der Waals surface area contributed by atoms with Gasteiger partial charge in [-0.25, -0.2) is 0 Å². The minimum Gasteiger partial charge on any atom is -0.388 e. The van der Waals surface area contributed by atoms with Crippen LogP contribution in [0.5, 0.6) is 0 Å². The van der Waals surface area contributed by atoms with Crippen molar-refractivity contribution in [2.75, 3.05) is 25.1 Å². The van der Waals surface area contributed by atoms with E-state index in [0.717, 1.165) is 30.5 Å². The average molecular weight is 322 g/mol. The lowest BCUT2D eigenvalue weighted by Crippen LogP contribution is -2.59. The number of ketones is 1. The molecule has 1 saturated carbocycles. The molecule has 2 bridgehead atoms. The molecule has 0 amide bonds. The van der Waals surface area contributed by atoms with E-state index in [2.05, 4.69) is 47.7 Å². The number of Topliss-reactive ketones (excluding diaryl/α,β-unsaturated/α-hetero) is 1. The minimum absolute atomic E-state index is 0.0684. The summed E-state index contributed by atoms with van der Waals surface area (Å²) in [6.07, 6.45) is 4.05. The molecule has 4 heteroatoms. The third-order valence-electron chi connectivity index (χ3n) is 6.84. The molecule has 0 unspecified atom stereocenters. The highest BCUT2D eigenvalue weighted by molar-refractivity contribution is 5.97. The third-order valence-corrected chi connectivity index (χ3v) is 6.84. The van der Waals surface area contributed by atoms with Crippen LogP contribution in [0.25, 0.3) is 0 Å². The lowest BCUT2D eigenvalue weighted by Gasteiger charge is -2.52. The summed E-state index contributed by atoms with van der Waals surface area (Å²) in [5.74, 6) is -0.0870. The van der Waals surface area contributed by atoms with Crippen molar-refractivity contribution in [2.24, 2.45) is 5.92 Å². The number of fused-ring (bicyclic) bond motifs is 2. The summed E-state index contributed by atoms with van der Waals surface area (Å²) in [6.45, 7) is 5.00. The zero-order valence-corrected chi connectivity index (χ0v) is 13.9. The molecular weight excluding hydrogens is 300 g/mol. The molecule has 4 nitrogen and oxygen atoms in total. The van der Waals surface area contributed by atoms with Crippen LogP contribution in [0, 0.1) is 5.92 Å². The Morgan fingerprint density at radius 2 is 2.21 bits per heavy atom.